The molecule has 23 heavy (non-hydrogen) atoms. The van der Waals surface area contributed by atoms with Crippen LogP contribution in [0.5, 0.6) is 5.75 Å². The van der Waals surface area contributed by atoms with Gasteiger partial charge in [-0.05, 0) is 42.7 Å². The van der Waals surface area contributed by atoms with E-state index in [-0.39, 0.29) is 24.4 Å². The van der Waals surface area contributed by atoms with E-state index in [9.17, 15) is 9.18 Å². The summed E-state index contributed by atoms with van der Waals surface area (Å²) >= 11 is 0. The maximum absolute atomic E-state index is 13.0. The summed E-state index contributed by atoms with van der Waals surface area (Å²) in [4.78, 5) is 13.9. The Morgan fingerprint density at radius 1 is 1.17 bits per heavy atom. The van der Waals surface area contributed by atoms with Crippen LogP contribution in [0.15, 0.2) is 48.5 Å². The third-order valence-corrected chi connectivity index (χ3v) is 4.03. The largest absolute Gasteiger partial charge is 0.483 e. The first kappa shape index (κ1) is 17.0. The van der Waals surface area contributed by atoms with E-state index in [0.29, 0.717) is 0 Å². The molecule has 122 valence electrons. The highest BCUT2D eigenvalue weighted by molar-refractivity contribution is 5.78. The van der Waals surface area contributed by atoms with E-state index in [1.54, 1.807) is 24.1 Å². The molecule has 0 saturated heterocycles. The predicted molar refractivity (Wildman–Crippen MR) is 88.9 cm³/mol. The van der Waals surface area contributed by atoms with Gasteiger partial charge in [0.05, 0.1) is 6.04 Å². The van der Waals surface area contributed by atoms with Crippen molar-refractivity contribution in [3.05, 3.63) is 65.5 Å². The molecule has 0 aliphatic rings. The number of hydrogen-bond acceptors (Lipinski definition) is 2. The molecule has 0 aromatic heterocycles. The first-order valence-electron chi connectivity index (χ1n) is 7.74. The Bertz CT molecular complexity index is 655. The molecule has 0 heterocycles. The number of ether oxygens (including phenoxy) is 1. The minimum absolute atomic E-state index is 0.0148. The summed E-state index contributed by atoms with van der Waals surface area (Å²) in [5.41, 5.74) is 1.96. The molecule has 0 radical (unpaired) electrons. The van der Waals surface area contributed by atoms with Crippen molar-refractivity contribution in [2.75, 3.05) is 13.7 Å². The summed E-state index contributed by atoms with van der Waals surface area (Å²) in [6.07, 6.45) is 0.853. The molecule has 2 aromatic rings. The van der Waals surface area contributed by atoms with Crippen molar-refractivity contribution >= 4 is 5.91 Å². The molecule has 0 N–H and O–H groups in total. The number of carbonyl (C=O) groups is 1. The van der Waals surface area contributed by atoms with Gasteiger partial charge in [-0.2, -0.15) is 0 Å². The molecule has 1 atom stereocenters. The van der Waals surface area contributed by atoms with Crippen LogP contribution in [0.4, 0.5) is 4.39 Å². The summed E-state index contributed by atoms with van der Waals surface area (Å²) in [5.74, 6) is 0.341. The van der Waals surface area contributed by atoms with Gasteiger partial charge in [0.2, 0.25) is 0 Å². The minimum Gasteiger partial charge on any atom is -0.483 e. The molecule has 0 aliphatic carbocycles. The Morgan fingerprint density at radius 2 is 1.83 bits per heavy atom. The molecule has 2 rings (SSSR count). The fourth-order valence-corrected chi connectivity index (χ4v) is 2.36. The summed E-state index contributed by atoms with van der Waals surface area (Å²) in [5, 5.41) is 0. The Morgan fingerprint density at radius 3 is 2.48 bits per heavy atom. The lowest BCUT2D eigenvalue weighted by atomic mass is 10.1. The van der Waals surface area contributed by atoms with Crippen LogP contribution in [0.1, 0.15) is 31.0 Å². The molecule has 0 bridgehead atoms. The number of likely N-dealkylation sites (N-methyl/N-ethyl adjacent to an activating group) is 1. The second-order valence-corrected chi connectivity index (χ2v) is 5.48. The topological polar surface area (TPSA) is 29.5 Å². The maximum atomic E-state index is 13.0. The van der Waals surface area contributed by atoms with E-state index >= 15 is 0 Å². The van der Waals surface area contributed by atoms with Crippen LogP contribution in [-0.4, -0.2) is 24.5 Å². The van der Waals surface area contributed by atoms with Gasteiger partial charge < -0.3 is 9.64 Å². The van der Waals surface area contributed by atoms with Crippen LogP contribution < -0.4 is 4.74 Å². The van der Waals surface area contributed by atoms with Gasteiger partial charge >= 0.3 is 0 Å². The number of hydrogen-bond donors (Lipinski definition) is 0. The summed E-state index contributed by atoms with van der Waals surface area (Å²) in [6, 6.07) is 13.7. The number of halogens is 1. The molecule has 1 amide bonds. The number of amides is 1. The zero-order chi connectivity index (χ0) is 16.8. The third-order valence-electron chi connectivity index (χ3n) is 4.03. The average Bonchev–Trinajstić information content (AvgIpc) is 2.59. The van der Waals surface area contributed by atoms with Crippen molar-refractivity contribution in [2.45, 2.75) is 26.3 Å². The highest BCUT2D eigenvalue weighted by atomic mass is 19.1. The van der Waals surface area contributed by atoms with E-state index in [0.717, 1.165) is 23.3 Å². The SMILES string of the molecule is CCc1ccccc1OCC(=O)N(C)C(C)c1ccc(F)cc1. The normalized spacial score (nSPS) is 11.8. The molecule has 1 unspecified atom stereocenters. The van der Waals surface area contributed by atoms with Gasteiger partial charge in [0.1, 0.15) is 11.6 Å². The fraction of sp³-hybridized carbons (Fsp3) is 0.316. The summed E-state index contributed by atoms with van der Waals surface area (Å²) < 4.78 is 18.7. The molecule has 0 fully saturated rings. The first-order valence-corrected chi connectivity index (χ1v) is 7.74. The van der Waals surface area contributed by atoms with E-state index < -0.39 is 0 Å². The Balaban J connectivity index is 1.98. The molecular weight excluding hydrogens is 293 g/mol. The van der Waals surface area contributed by atoms with Crippen molar-refractivity contribution in [2.24, 2.45) is 0 Å². The van der Waals surface area contributed by atoms with Crippen LogP contribution in [0.3, 0.4) is 0 Å². The van der Waals surface area contributed by atoms with Crippen molar-refractivity contribution in [3.63, 3.8) is 0 Å². The van der Waals surface area contributed by atoms with Crippen LogP contribution in [0.2, 0.25) is 0 Å². The minimum atomic E-state index is -0.283. The highest BCUT2D eigenvalue weighted by Crippen LogP contribution is 2.21. The smallest absolute Gasteiger partial charge is 0.260 e. The third kappa shape index (κ3) is 4.31. The first-order chi connectivity index (χ1) is 11.0. The fourth-order valence-electron chi connectivity index (χ4n) is 2.36. The van der Waals surface area contributed by atoms with Gasteiger partial charge in [-0.15, -0.1) is 0 Å². The molecule has 2 aromatic carbocycles. The second kappa shape index (κ2) is 7.77. The molecule has 0 spiro atoms. The van der Waals surface area contributed by atoms with Gasteiger partial charge in [-0.25, -0.2) is 4.39 Å². The molecule has 0 aliphatic heterocycles. The standard InChI is InChI=1S/C19H22FNO2/c1-4-15-7-5-6-8-18(15)23-13-19(22)21(3)14(2)16-9-11-17(20)12-10-16/h5-12,14H,4,13H2,1-3H3. The van der Waals surface area contributed by atoms with Gasteiger partial charge in [-0.1, -0.05) is 37.3 Å². The number of benzene rings is 2. The van der Waals surface area contributed by atoms with E-state index in [1.807, 2.05) is 38.1 Å². The molecule has 3 nitrogen and oxygen atoms in total. The van der Waals surface area contributed by atoms with E-state index in [2.05, 4.69) is 0 Å². The maximum Gasteiger partial charge on any atom is 0.260 e. The van der Waals surface area contributed by atoms with E-state index in [4.69, 9.17) is 4.74 Å². The van der Waals surface area contributed by atoms with Gasteiger partial charge in [0, 0.05) is 7.05 Å². The number of nitrogens with zero attached hydrogens (tertiary/aromatic N) is 1. The van der Waals surface area contributed by atoms with Crippen molar-refractivity contribution in [3.8, 4) is 5.75 Å². The lowest BCUT2D eigenvalue weighted by molar-refractivity contribution is -0.134. The van der Waals surface area contributed by atoms with Crippen LogP contribution in [0.25, 0.3) is 0 Å². The summed E-state index contributed by atoms with van der Waals surface area (Å²) in [7, 11) is 1.73. The van der Waals surface area contributed by atoms with Gasteiger partial charge in [-0.3, -0.25) is 4.79 Å². The van der Waals surface area contributed by atoms with Gasteiger partial charge in [0.15, 0.2) is 6.61 Å². The van der Waals surface area contributed by atoms with E-state index in [1.165, 1.54) is 12.1 Å². The monoisotopic (exact) mass is 315 g/mol. The van der Waals surface area contributed by atoms with Crippen molar-refractivity contribution < 1.29 is 13.9 Å². The molecular formula is C19H22FNO2. The van der Waals surface area contributed by atoms with Crippen molar-refractivity contribution in [1.82, 2.24) is 4.90 Å². The lowest BCUT2D eigenvalue weighted by Crippen LogP contribution is -2.33. The highest BCUT2D eigenvalue weighted by Gasteiger charge is 2.18. The quantitative estimate of drug-likeness (QED) is 0.807. The number of para-hydroxylation sites is 1. The van der Waals surface area contributed by atoms with Crippen LogP contribution >= 0.6 is 0 Å². The molecule has 0 saturated carbocycles. The zero-order valence-corrected chi connectivity index (χ0v) is 13.8. The zero-order valence-electron chi connectivity index (χ0n) is 13.8. The Hall–Kier alpha value is -2.36. The number of aryl methyl sites for hydroxylation is 1. The summed E-state index contributed by atoms with van der Waals surface area (Å²) in [6.45, 7) is 3.94. The second-order valence-electron chi connectivity index (χ2n) is 5.48. The van der Waals surface area contributed by atoms with Gasteiger partial charge in [0.25, 0.3) is 5.91 Å². The Kier molecular flexibility index (Phi) is 5.74. The average molecular weight is 315 g/mol. The lowest BCUT2D eigenvalue weighted by Gasteiger charge is -2.25. The van der Waals surface area contributed by atoms with Crippen molar-refractivity contribution in [1.29, 1.82) is 0 Å². The van der Waals surface area contributed by atoms with Crippen LogP contribution in [-0.2, 0) is 11.2 Å². The predicted octanol–water partition coefficient (Wildman–Crippen LogP) is 3.99. The van der Waals surface area contributed by atoms with Crippen LogP contribution in [0, 0.1) is 5.82 Å². The Labute approximate surface area is 136 Å². The molecule has 4 heteroatoms. The number of rotatable bonds is 6. The number of carbonyl (C=O) groups excluding carboxylic acids is 1.